The van der Waals surface area contributed by atoms with Crippen LogP contribution in [0.1, 0.15) is 62.4 Å². The van der Waals surface area contributed by atoms with Gasteiger partial charge >= 0.3 is 0 Å². The molecule has 0 spiro atoms. The molecule has 3 heterocycles. The summed E-state index contributed by atoms with van der Waals surface area (Å²) < 4.78 is 7.14. The lowest BCUT2D eigenvalue weighted by Gasteiger charge is -2.23. The predicted molar refractivity (Wildman–Crippen MR) is 128 cm³/mol. The number of aryl methyl sites for hydroxylation is 1. The molecular formula is C24H24N8O2. The molecule has 3 aromatic heterocycles. The third-order valence-corrected chi connectivity index (χ3v) is 5.78. The number of nitrogen functional groups attached to an aromatic ring is 1. The van der Waals surface area contributed by atoms with E-state index in [4.69, 9.17) is 15.2 Å². The van der Waals surface area contributed by atoms with Crippen molar-refractivity contribution in [1.29, 1.82) is 0 Å². The highest BCUT2D eigenvalue weighted by molar-refractivity contribution is 5.84. The molecule has 0 saturated heterocycles. The van der Waals surface area contributed by atoms with Crippen molar-refractivity contribution in [2.75, 3.05) is 11.1 Å². The zero-order chi connectivity index (χ0) is 23.8. The lowest BCUT2D eigenvalue weighted by atomic mass is 10.1. The summed E-state index contributed by atoms with van der Waals surface area (Å²) in [5.41, 5.74) is 7.80. The lowest BCUT2D eigenvalue weighted by Crippen LogP contribution is -2.29. The molecule has 10 heteroatoms. The van der Waals surface area contributed by atoms with E-state index >= 15 is 0 Å². The van der Waals surface area contributed by atoms with Crippen LogP contribution in [-0.2, 0) is 0 Å². The summed E-state index contributed by atoms with van der Waals surface area (Å²) in [4.78, 5) is 31.4. The maximum atomic E-state index is 13.7. The number of hydrogen-bond acceptors (Lipinski definition) is 9. The SMILES string of the molecule is CC#Cc1cccc2nc([C@H](CC)Nc3ncnc(N)c3-c3nc(C)no3)n(C3CC3)c(=O)c12. The maximum Gasteiger partial charge on any atom is 0.265 e. The first kappa shape index (κ1) is 21.6. The largest absolute Gasteiger partial charge is 0.383 e. The number of nitrogens with zero attached hydrogens (tertiary/aromatic N) is 6. The molecule has 3 N–H and O–H groups in total. The monoisotopic (exact) mass is 456 g/mol. The molecule has 1 aliphatic rings. The first-order valence-corrected chi connectivity index (χ1v) is 11.2. The number of hydrogen-bond donors (Lipinski definition) is 2. The molecule has 0 radical (unpaired) electrons. The van der Waals surface area contributed by atoms with Gasteiger partial charge in [-0.2, -0.15) is 4.98 Å². The number of benzene rings is 1. The van der Waals surface area contributed by atoms with Crippen LogP contribution < -0.4 is 16.6 Å². The summed E-state index contributed by atoms with van der Waals surface area (Å²) in [6.45, 7) is 5.50. The summed E-state index contributed by atoms with van der Waals surface area (Å²) >= 11 is 0. The number of aromatic nitrogens is 6. The fraction of sp³-hybridized carbons (Fsp3) is 0.333. The molecule has 0 amide bonds. The van der Waals surface area contributed by atoms with Crippen molar-refractivity contribution < 1.29 is 4.52 Å². The van der Waals surface area contributed by atoms with E-state index in [-0.39, 0.29) is 29.4 Å². The number of nitrogens with two attached hydrogens (primary N) is 1. The van der Waals surface area contributed by atoms with Crippen molar-refractivity contribution in [2.24, 2.45) is 0 Å². The Kier molecular flexibility index (Phi) is 5.45. The molecule has 1 fully saturated rings. The highest BCUT2D eigenvalue weighted by Gasteiger charge is 2.32. The smallest absolute Gasteiger partial charge is 0.265 e. The summed E-state index contributed by atoms with van der Waals surface area (Å²) in [5.74, 6) is 7.93. The molecular weight excluding hydrogens is 432 g/mol. The Labute approximate surface area is 195 Å². The number of nitrogens with one attached hydrogen (secondary N) is 1. The van der Waals surface area contributed by atoms with Gasteiger partial charge in [-0.25, -0.2) is 15.0 Å². The minimum Gasteiger partial charge on any atom is -0.383 e. The minimum atomic E-state index is -0.323. The van der Waals surface area contributed by atoms with E-state index in [2.05, 4.69) is 37.3 Å². The fourth-order valence-corrected chi connectivity index (χ4v) is 4.06. The molecule has 0 bridgehead atoms. The molecule has 172 valence electrons. The number of rotatable bonds is 6. The number of anilines is 2. The van der Waals surface area contributed by atoms with Gasteiger partial charge in [-0.3, -0.25) is 9.36 Å². The average molecular weight is 457 g/mol. The van der Waals surface area contributed by atoms with Gasteiger partial charge in [0.25, 0.3) is 11.4 Å². The van der Waals surface area contributed by atoms with Crippen LogP contribution in [0.5, 0.6) is 0 Å². The second kappa shape index (κ2) is 8.59. The van der Waals surface area contributed by atoms with Gasteiger partial charge in [-0.1, -0.05) is 24.1 Å². The van der Waals surface area contributed by atoms with Crippen molar-refractivity contribution in [3.63, 3.8) is 0 Å². The molecule has 1 aromatic carbocycles. The van der Waals surface area contributed by atoms with E-state index < -0.39 is 0 Å². The first-order valence-electron chi connectivity index (χ1n) is 11.2. The zero-order valence-corrected chi connectivity index (χ0v) is 19.2. The van der Waals surface area contributed by atoms with E-state index in [1.807, 2.05) is 29.7 Å². The average Bonchev–Trinajstić information content (AvgIpc) is 3.57. The van der Waals surface area contributed by atoms with Crippen LogP contribution in [0, 0.1) is 18.8 Å². The fourth-order valence-electron chi connectivity index (χ4n) is 4.06. The van der Waals surface area contributed by atoms with E-state index in [0.29, 0.717) is 45.9 Å². The van der Waals surface area contributed by atoms with Crippen LogP contribution in [0.3, 0.4) is 0 Å². The Hall–Kier alpha value is -4.26. The standard InChI is InChI=1S/C24H24N8O2/c1-4-7-14-8-6-9-17-18(14)24(33)32(15-10-11-15)22(30-17)16(5-2)29-21-19(20(25)26-12-27-21)23-28-13(3)31-34-23/h6,8-9,12,15-16H,5,10-11H2,1-3H3,(H3,25,26,27,29)/t16-/m0/s1. The Balaban J connectivity index is 1.66. The van der Waals surface area contributed by atoms with E-state index in [0.717, 1.165) is 12.8 Å². The van der Waals surface area contributed by atoms with Crippen molar-refractivity contribution in [1.82, 2.24) is 29.7 Å². The molecule has 1 aliphatic carbocycles. The van der Waals surface area contributed by atoms with Gasteiger partial charge in [-0.05, 0) is 45.2 Å². The molecule has 4 aromatic rings. The Bertz CT molecular complexity index is 1510. The van der Waals surface area contributed by atoms with Crippen molar-refractivity contribution in [2.45, 2.75) is 52.1 Å². The van der Waals surface area contributed by atoms with Crippen LogP contribution in [0.4, 0.5) is 11.6 Å². The lowest BCUT2D eigenvalue weighted by molar-refractivity contribution is 0.425. The highest BCUT2D eigenvalue weighted by atomic mass is 16.5. The van der Waals surface area contributed by atoms with Crippen LogP contribution in [0.15, 0.2) is 33.8 Å². The Morgan fingerprint density at radius 2 is 2.12 bits per heavy atom. The zero-order valence-electron chi connectivity index (χ0n) is 19.2. The van der Waals surface area contributed by atoms with Gasteiger partial charge in [0, 0.05) is 11.6 Å². The second-order valence-corrected chi connectivity index (χ2v) is 8.19. The van der Waals surface area contributed by atoms with Gasteiger partial charge in [0.15, 0.2) is 5.82 Å². The minimum absolute atomic E-state index is 0.0731. The molecule has 0 aliphatic heterocycles. The summed E-state index contributed by atoms with van der Waals surface area (Å²) in [5, 5.41) is 7.81. The maximum absolute atomic E-state index is 13.7. The van der Waals surface area contributed by atoms with Gasteiger partial charge in [0.05, 0.1) is 16.9 Å². The van der Waals surface area contributed by atoms with Gasteiger partial charge in [0.1, 0.15) is 29.4 Å². The third-order valence-electron chi connectivity index (χ3n) is 5.78. The van der Waals surface area contributed by atoms with Gasteiger partial charge in [0.2, 0.25) is 0 Å². The highest BCUT2D eigenvalue weighted by Crippen LogP contribution is 2.38. The number of fused-ring (bicyclic) bond motifs is 1. The molecule has 1 saturated carbocycles. The Morgan fingerprint density at radius 3 is 2.79 bits per heavy atom. The van der Waals surface area contributed by atoms with Crippen molar-refractivity contribution >= 4 is 22.5 Å². The summed E-state index contributed by atoms with van der Waals surface area (Å²) in [6, 6.07) is 5.37. The summed E-state index contributed by atoms with van der Waals surface area (Å²) in [7, 11) is 0. The van der Waals surface area contributed by atoms with Crippen molar-refractivity contribution in [3.8, 4) is 23.3 Å². The quantitative estimate of drug-likeness (QED) is 0.418. The van der Waals surface area contributed by atoms with Gasteiger partial charge in [-0.15, -0.1) is 5.92 Å². The van der Waals surface area contributed by atoms with E-state index in [1.54, 1.807) is 13.8 Å². The van der Waals surface area contributed by atoms with Crippen molar-refractivity contribution in [3.05, 3.63) is 52.1 Å². The molecule has 10 nitrogen and oxygen atoms in total. The first-order chi connectivity index (χ1) is 16.5. The van der Waals surface area contributed by atoms with Crippen LogP contribution in [-0.4, -0.2) is 29.7 Å². The molecule has 34 heavy (non-hydrogen) atoms. The Morgan fingerprint density at radius 1 is 1.29 bits per heavy atom. The third kappa shape index (κ3) is 3.75. The predicted octanol–water partition coefficient (Wildman–Crippen LogP) is 3.40. The molecule has 1 atom stereocenters. The van der Waals surface area contributed by atoms with E-state index in [1.165, 1.54) is 6.33 Å². The van der Waals surface area contributed by atoms with Gasteiger partial charge < -0.3 is 15.6 Å². The van der Waals surface area contributed by atoms with Crippen LogP contribution in [0.2, 0.25) is 0 Å². The topological polar surface area (TPSA) is 138 Å². The van der Waals surface area contributed by atoms with Crippen LogP contribution in [0.25, 0.3) is 22.4 Å². The second-order valence-electron chi connectivity index (χ2n) is 8.19. The molecule has 5 rings (SSSR count). The normalized spacial score (nSPS) is 14.0. The molecule has 0 unspecified atom stereocenters. The van der Waals surface area contributed by atoms with Crippen LogP contribution >= 0.6 is 0 Å². The van der Waals surface area contributed by atoms with E-state index in [9.17, 15) is 4.79 Å². The summed E-state index contributed by atoms with van der Waals surface area (Å²) in [6.07, 6.45) is 3.89.